The Morgan fingerprint density at radius 3 is 2.25 bits per heavy atom. The van der Waals surface area contributed by atoms with Crippen LogP contribution < -0.4 is 4.90 Å². The number of amides is 1. The van der Waals surface area contributed by atoms with E-state index in [1.165, 1.54) is 12.1 Å². The van der Waals surface area contributed by atoms with E-state index in [4.69, 9.17) is 0 Å². The largest absolute Gasteiger partial charge is 0.306 e. The quantitative estimate of drug-likeness (QED) is 0.610. The third-order valence-electron chi connectivity index (χ3n) is 4.02. The number of rotatable bonds is 4. The maximum absolute atomic E-state index is 13.1. The summed E-state index contributed by atoms with van der Waals surface area (Å²) in [4.78, 5) is 25.4. The lowest BCUT2D eigenvalue weighted by atomic mass is 10.0. The van der Waals surface area contributed by atoms with Gasteiger partial charge in [-0.2, -0.15) is 0 Å². The molecule has 0 atom stereocenters. The Kier molecular flexibility index (Phi) is 5.02. The Labute approximate surface area is 142 Å². The molecule has 0 aliphatic rings. The Balaban J connectivity index is 2.57. The number of hydrogen-bond acceptors (Lipinski definition) is 3. The van der Waals surface area contributed by atoms with Crippen LogP contribution in [0.15, 0.2) is 36.4 Å². The van der Waals surface area contributed by atoms with Crippen LogP contribution in [-0.4, -0.2) is 16.9 Å². The highest BCUT2D eigenvalue weighted by molar-refractivity contribution is 6.08. The van der Waals surface area contributed by atoms with Crippen LogP contribution in [0.3, 0.4) is 0 Å². The number of anilines is 1. The van der Waals surface area contributed by atoms with E-state index < -0.39 is 4.92 Å². The van der Waals surface area contributed by atoms with Gasteiger partial charge >= 0.3 is 0 Å². The maximum Gasteiger partial charge on any atom is 0.270 e. The van der Waals surface area contributed by atoms with E-state index in [9.17, 15) is 14.9 Å². The van der Waals surface area contributed by atoms with Crippen molar-refractivity contribution in [2.45, 2.75) is 40.7 Å². The minimum absolute atomic E-state index is 0.0725. The van der Waals surface area contributed by atoms with Crippen LogP contribution in [0.4, 0.5) is 11.4 Å². The van der Waals surface area contributed by atoms with E-state index in [1.807, 2.05) is 45.9 Å². The van der Waals surface area contributed by atoms with E-state index in [0.717, 1.165) is 22.4 Å². The number of nitro benzene ring substituents is 1. The molecular formula is C19H22N2O3. The number of nitrogens with zero attached hydrogens (tertiary/aromatic N) is 2. The predicted molar refractivity (Wildman–Crippen MR) is 95.7 cm³/mol. The van der Waals surface area contributed by atoms with Crippen molar-refractivity contribution < 1.29 is 9.72 Å². The van der Waals surface area contributed by atoms with Crippen LogP contribution in [0.2, 0.25) is 0 Å². The summed E-state index contributed by atoms with van der Waals surface area (Å²) in [7, 11) is 0. The van der Waals surface area contributed by atoms with Gasteiger partial charge < -0.3 is 4.90 Å². The molecule has 2 rings (SSSR count). The van der Waals surface area contributed by atoms with Crippen LogP contribution in [0, 0.1) is 30.9 Å². The average molecular weight is 326 g/mol. The lowest BCUT2D eigenvalue weighted by Gasteiger charge is -2.29. The second kappa shape index (κ2) is 6.83. The predicted octanol–water partition coefficient (Wildman–Crippen LogP) is 4.58. The number of aryl methyl sites for hydroxylation is 3. The fourth-order valence-electron chi connectivity index (χ4n) is 2.68. The van der Waals surface area contributed by atoms with Crippen molar-refractivity contribution in [3.63, 3.8) is 0 Å². The molecule has 126 valence electrons. The standard InChI is InChI=1S/C19H22N2O3/c1-12(2)20(18-10-13(3)6-7-15(18)5)19(22)17-11-16(21(23)24)9-8-14(17)4/h6-12H,1-5H3. The smallest absolute Gasteiger partial charge is 0.270 e. The summed E-state index contributed by atoms with van der Waals surface area (Å²) in [5.74, 6) is -0.222. The third-order valence-corrected chi connectivity index (χ3v) is 4.02. The molecule has 0 spiro atoms. The van der Waals surface area contributed by atoms with Gasteiger partial charge in [0.1, 0.15) is 0 Å². The van der Waals surface area contributed by atoms with Crippen molar-refractivity contribution in [2.24, 2.45) is 0 Å². The van der Waals surface area contributed by atoms with Gasteiger partial charge in [-0.25, -0.2) is 0 Å². The molecule has 5 heteroatoms. The van der Waals surface area contributed by atoms with Crippen molar-refractivity contribution in [2.75, 3.05) is 4.90 Å². The Bertz CT molecular complexity index is 797. The minimum Gasteiger partial charge on any atom is -0.306 e. The molecule has 5 nitrogen and oxygen atoms in total. The van der Waals surface area contributed by atoms with Crippen molar-refractivity contribution in [3.8, 4) is 0 Å². The molecule has 0 saturated heterocycles. The van der Waals surface area contributed by atoms with Gasteiger partial charge in [-0.15, -0.1) is 0 Å². The molecule has 0 N–H and O–H groups in total. The summed E-state index contributed by atoms with van der Waals surface area (Å²) in [6.45, 7) is 9.60. The summed E-state index contributed by atoms with van der Waals surface area (Å²) in [5, 5.41) is 11.0. The summed E-state index contributed by atoms with van der Waals surface area (Å²) >= 11 is 0. The number of hydrogen-bond donors (Lipinski definition) is 0. The van der Waals surface area contributed by atoms with Gasteiger partial charge in [-0.05, 0) is 57.4 Å². The van der Waals surface area contributed by atoms with E-state index in [2.05, 4.69) is 0 Å². The third kappa shape index (κ3) is 3.45. The number of carbonyl (C=O) groups is 1. The number of non-ortho nitro benzene ring substituents is 1. The highest BCUT2D eigenvalue weighted by Gasteiger charge is 2.25. The van der Waals surface area contributed by atoms with Crippen molar-refractivity contribution in [3.05, 3.63) is 68.8 Å². The van der Waals surface area contributed by atoms with Crippen LogP contribution in [0.25, 0.3) is 0 Å². The van der Waals surface area contributed by atoms with E-state index in [1.54, 1.807) is 17.9 Å². The van der Waals surface area contributed by atoms with Crippen molar-refractivity contribution >= 4 is 17.3 Å². The molecule has 0 bridgehead atoms. The number of benzene rings is 2. The lowest BCUT2D eigenvalue weighted by Crippen LogP contribution is -2.38. The summed E-state index contributed by atoms with van der Waals surface area (Å²) < 4.78 is 0. The zero-order valence-electron chi connectivity index (χ0n) is 14.7. The molecule has 1 amide bonds. The molecule has 24 heavy (non-hydrogen) atoms. The average Bonchev–Trinajstić information content (AvgIpc) is 2.50. The lowest BCUT2D eigenvalue weighted by molar-refractivity contribution is -0.384. The molecule has 0 aromatic heterocycles. The highest BCUT2D eigenvalue weighted by Crippen LogP contribution is 2.27. The van der Waals surface area contributed by atoms with Gasteiger partial charge in [-0.1, -0.05) is 18.2 Å². The molecular weight excluding hydrogens is 304 g/mol. The van der Waals surface area contributed by atoms with Crippen LogP contribution in [0.1, 0.15) is 40.9 Å². The second-order valence-electron chi connectivity index (χ2n) is 6.32. The first kappa shape index (κ1) is 17.7. The molecule has 0 radical (unpaired) electrons. The van der Waals surface area contributed by atoms with Crippen molar-refractivity contribution in [1.82, 2.24) is 0 Å². The zero-order valence-corrected chi connectivity index (χ0v) is 14.7. The Morgan fingerprint density at radius 1 is 1.04 bits per heavy atom. The van der Waals surface area contributed by atoms with Gasteiger partial charge in [0.25, 0.3) is 11.6 Å². The second-order valence-corrected chi connectivity index (χ2v) is 6.32. The monoisotopic (exact) mass is 326 g/mol. The zero-order chi connectivity index (χ0) is 18.0. The molecule has 2 aromatic rings. The molecule has 0 unspecified atom stereocenters. The topological polar surface area (TPSA) is 63.5 Å². The molecule has 0 saturated carbocycles. The fraction of sp³-hybridized carbons (Fsp3) is 0.316. The molecule has 0 fully saturated rings. The highest BCUT2D eigenvalue weighted by atomic mass is 16.6. The molecule has 0 aliphatic heterocycles. The fourth-order valence-corrected chi connectivity index (χ4v) is 2.68. The first-order chi connectivity index (χ1) is 11.2. The number of carbonyl (C=O) groups excluding carboxylic acids is 1. The van der Waals surface area contributed by atoms with Gasteiger partial charge in [0.2, 0.25) is 0 Å². The molecule has 0 aliphatic carbocycles. The summed E-state index contributed by atoms with van der Waals surface area (Å²) in [6, 6.07) is 10.3. The maximum atomic E-state index is 13.1. The first-order valence-corrected chi connectivity index (χ1v) is 7.88. The van der Waals surface area contributed by atoms with Gasteiger partial charge in [-0.3, -0.25) is 14.9 Å². The Hall–Kier alpha value is -2.69. The Morgan fingerprint density at radius 2 is 1.67 bits per heavy atom. The summed E-state index contributed by atoms with van der Waals surface area (Å²) in [5.41, 5.74) is 3.89. The minimum atomic E-state index is -0.478. The van der Waals surface area contributed by atoms with E-state index in [0.29, 0.717) is 5.56 Å². The van der Waals surface area contributed by atoms with Crippen LogP contribution in [0.5, 0.6) is 0 Å². The van der Waals surface area contributed by atoms with Crippen molar-refractivity contribution in [1.29, 1.82) is 0 Å². The molecule has 0 heterocycles. The first-order valence-electron chi connectivity index (χ1n) is 7.88. The molecule has 2 aromatic carbocycles. The summed E-state index contributed by atoms with van der Waals surface area (Å²) in [6.07, 6.45) is 0. The SMILES string of the molecule is Cc1ccc(C)c(N(C(=O)c2cc([N+](=O)[O-])ccc2C)C(C)C)c1. The van der Waals surface area contributed by atoms with E-state index in [-0.39, 0.29) is 17.6 Å². The van der Waals surface area contributed by atoms with Crippen LogP contribution in [-0.2, 0) is 0 Å². The van der Waals surface area contributed by atoms with Crippen LogP contribution >= 0.6 is 0 Å². The normalized spacial score (nSPS) is 10.8. The van der Waals surface area contributed by atoms with E-state index >= 15 is 0 Å². The number of nitro groups is 1. The van der Waals surface area contributed by atoms with Gasteiger partial charge in [0, 0.05) is 29.4 Å². The van der Waals surface area contributed by atoms with Gasteiger partial charge in [0.05, 0.1) is 4.92 Å². The van der Waals surface area contributed by atoms with Gasteiger partial charge in [0.15, 0.2) is 0 Å².